The molecule has 0 amide bonds. The van der Waals surface area contributed by atoms with Gasteiger partial charge in [-0.05, 0) is 84.0 Å². The minimum Gasteiger partial charge on any atom is -0.490 e. The molecule has 0 spiro atoms. The number of sulfonamides is 1. The summed E-state index contributed by atoms with van der Waals surface area (Å²) in [6, 6.07) is 27.4. The molecule has 4 aromatic rings. The molecule has 7 nitrogen and oxygen atoms in total. The normalized spacial score (nSPS) is 19.8. The first kappa shape index (κ1) is 27.3. The lowest BCUT2D eigenvalue weighted by atomic mass is 10.1. The predicted molar refractivity (Wildman–Crippen MR) is 157 cm³/mol. The molecule has 212 valence electrons. The van der Waals surface area contributed by atoms with Crippen LogP contribution in [0, 0.1) is 0 Å². The molecule has 1 saturated heterocycles. The van der Waals surface area contributed by atoms with Crippen LogP contribution in [0.5, 0.6) is 11.5 Å². The van der Waals surface area contributed by atoms with Crippen LogP contribution < -0.4 is 9.47 Å². The molecule has 1 saturated carbocycles. The molecule has 0 aromatic heterocycles. The summed E-state index contributed by atoms with van der Waals surface area (Å²) in [7, 11) is -2.74. The van der Waals surface area contributed by atoms with Gasteiger partial charge in [-0.2, -0.15) is 4.31 Å². The molecular formula is C33H33NO6S. The molecule has 41 heavy (non-hydrogen) atoms. The van der Waals surface area contributed by atoms with E-state index in [1.54, 1.807) is 18.2 Å². The Morgan fingerprint density at radius 2 is 1.39 bits per heavy atom. The minimum atomic E-state index is -4.01. The number of rotatable bonds is 8. The molecule has 1 aliphatic carbocycles. The first-order valence-corrected chi connectivity index (χ1v) is 15.5. The van der Waals surface area contributed by atoms with Crippen LogP contribution in [0.3, 0.4) is 0 Å². The molecule has 0 bridgehead atoms. The summed E-state index contributed by atoms with van der Waals surface area (Å²) < 4.78 is 46.2. The van der Waals surface area contributed by atoms with Crippen molar-refractivity contribution in [3.05, 3.63) is 91.0 Å². The van der Waals surface area contributed by atoms with E-state index in [0.29, 0.717) is 5.75 Å². The number of benzene rings is 4. The van der Waals surface area contributed by atoms with E-state index in [1.807, 2.05) is 72.8 Å². The Hall–Kier alpha value is -3.88. The highest BCUT2D eigenvalue weighted by Crippen LogP contribution is 2.33. The zero-order chi connectivity index (χ0) is 28.4. The van der Waals surface area contributed by atoms with Crippen LogP contribution in [-0.4, -0.2) is 50.6 Å². The van der Waals surface area contributed by atoms with Crippen molar-refractivity contribution in [3.8, 4) is 22.6 Å². The number of carbonyl (C=O) groups excluding carboxylic acids is 1. The summed E-state index contributed by atoms with van der Waals surface area (Å²) >= 11 is 0. The van der Waals surface area contributed by atoms with Crippen LogP contribution in [0.1, 0.15) is 32.1 Å². The first-order valence-electron chi connectivity index (χ1n) is 14.0. The maximum absolute atomic E-state index is 13.8. The van der Waals surface area contributed by atoms with Gasteiger partial charge in [-0.25, -0.2) is 8.42 Å². The maximum Gasteiger partial charge on any atom is 0.324 e. The second-order valence-corrected chi connectivity index (χ2v) is 12.6. The van der Waals surface area contributed by atoms with Gasteiger partial charge in [-0.1, -0.05) is 54.6 Å². The molecule has 6 rings (SSSR count). The van der Waals surface area contributed by atoms with Gasteiger partial charge in [0, 0.05) is 6.42 Å². The molecule has 2 aliphatic rings. The van der Waals surface area contributed by atoms with Crippen LogP contribution in [0.2, 0.25) is 0 Å². The number of hydrogen-bond donors (Lipinski definition) is 0. The van der Waals surface area contributed by atoms with Gasteiger partial charge in [-0.15, -0.1) is 0 Å². The second-order valence-electron chi connectivity index (χ2n) is 10.7. The number of fused-ring (bicyclic) bond motifs is 1. The van der Waals surface area contributed by atoms with Gasteiger partial charge in [0.2, 0.25) is 10.0 Å². The molecule has 8 heteroatoms. The van der Waals surface area contributed by atoms with Gasteiger partial charge in [-0.3, -0.25) is 4.79 Å². The summed E-state index contributed by atoms with van der Waals surface area (Å²) in [5.74, 6) is 0.801. The third-order valence-electron chi connectivity index (χ3n) is 7.95. The summed E-state index contributed by atoms with van der Waals surface area (Å²) in [6.07, 6.45) is 4.44. The number of carbonyl (C=O) groups is 1. The fraction of sp³-hybridized carbons (Fsp3) is 0.303. The van der Waals surface area contributed by atoms with E-state index in [-0.39, 0.29) is 24.0 Å². The number of hydrogen-bond acceptors (Lipinski definition) is 6. The number of nitrogens with zero attached hydrogens (tertiary/aromatic N) is 1. The van der Waals surface area contributed by atoms with Gasteiger partial charge in [0.25, 0.3) is 0 Å². The molecule has 0 radical (unpaired) electrons. The summed E-state index contributed by atoms with van der Waals surface area (Å²) in [4.78, 5) is 12.8. The predicted octanol–water partition coefficient (Wildman–Crippen LogP) is 6.21. The quantitative estimate of drug-likeness (QED) is 0.234. The monoisotopic (exact) mass is 571 g/mol. The topological polar surface area (TPSA) is 82.1 Å². The highest BCUT2D eigenvalue weighted by molar-refractivity contribution is 7.89. The third kappa shape index (κ3) is 5.80. The molecule has 0 unspecified atom stereocenters. The SMILES string of the molecule is COC(=O)[C@@H]1C[C@H](Oc2ccc(-c3ccccc3)cc2)CN1S(=O)(=O)c1ccc2cc(OC3CCCC3)ccc2c1. The van der Waals surface area contributed by atoms with Crippen LogP contribution in [0.15, 0.2) is 95.9 Å². The molecule has 0 N–H and O–H groups in total. The van der Waals surface area contributed by atoms with E-state index in [1.165, 1.54) is 24.3 Å². The highest BCUT2D eigenvalue weighted by Gasteiger charge is 2.45. The highest BCUT2D eigenvalue weighted by atomic mass is 32.2. The summed E-state index contributed by atoms with van der Waals surface area (Å²) in [5.41, 5.74) is 2.14. The lowest BCUT2D eigenvalue weighted by molar-refractivity contribution is -0.144. The molecule has 2 fully saturated rings. The van der Waals surface area contributed by atoms with Crippen molar-refractivity contribution in [2.75, 3.05) is 13.7 Å². The van der Waals surface area contributed by atoms with Gasteiger partial charge in [0.1, 0.15) is 23.6 Å². The van der Waals surface area contributed by atoms with Crippen molar-refractivity contribution in [2.45, 2.75) is 55.2 Å². The Morgan fingerprint density at radius 1 is 0.756 bits per heavy atom. The Balaban J connectivity index is 1.20. The Morgan fingerprint density at radius 3 is 2.12 bits per heavy atom. The molecule has 2 atom stereocenters. The maximum atomic E-state index is 13.8. The molecular weight excluding hydrogens is 538 g/mol. The van der Waals surface area contributed by atoms with Crippen molar-refractivity contribution >= 4 is 26.8 Å². The third-order valence-corrected chi connectivity index (χ3v) is 9.82. The van der Waals surface area contributed by atoms with Crippen LogP contribution >= 0.6 is 0 Å². The Labute approximate surface area is 240 Å². The average Bonchev–Trinajstić information content (AvgIpc) is 3.68. The summed E-state index contributed by atoms with van der Waals surface area (Å²) in [6.45, 7) is 0.0364. The minimum absolute atomic E-state index is 0.0364. The lowest BCUT2D eigenvalue weighted by Crippen LogP contribution is -2.41. The number of ether oxygens (including phenoxy) is 3. The van der Waals surface area contributed by atoms with E-state index in [2.05, 4.69) is 0 Å². The molecule has 4 aromatic carbocycles. The van der Waals surface area contributed by atoms with Crippen molar-refractivity contribution in [1.82, 2.24) is 4.31 Å². The standard InChI is InChI=1S/C33H33NO6S/c1-38-33(35)32-21-30(40-28-15-11-24(12-16-28)23-7-3-2-4-8-23)22-34(32)41(36,37)31-18-14-25-19-29(17-13-26(25)20-31)39-27-9-5-6-10-27/h2-4,7-8,11-20,27,30,32H,5-6,9-10,21-22H2,1H3/t30-,32-/m0/s1. The Bertz CT molecular complexity index is 1630. The average molecular weight is 572 g/mol. The fourth-order valence-electron chi connectivity index (χ4n) is 5.79. The smallest absolute Gasteiger partial charge is 0.324 e. The van der Waals surface area contributed by atoms with Crippen molar-refractivity contribution < 1.29 is 27.4 Å². The first-order chi connectivity index (χ1) is 19.9. The van der Waals surface area contributed by atoms with Gasteiger partial charge >= 0.3 is 5.97 Å². The van der Waals surface area contributed by atoms with Crippen LogP contribution in [0.4, 0.5) is 0 Å². The Kier molecular flexibility index (Phi) is 7.69. The summed E-state index contributed by atoms with van der Waals surface area (Å²) in [5, 5.41) is 1.68. The van der Waals surface area contributed by atoms with E-state index >= 15 is 0 Å². The van der Waals surface area contributed by atoms with Gasteiger partial charge in [0.15, 0.2) is 0 Å². The largest absolute Gasteiger partial charge is 0.490 e. The van der Waals surface area contributed by atoms with Gasteiger partial charge < -0.3 is 14.2 Å². The van der Waals surface area contributed by atoms with E-state index in [4.69, 9.17) is 14.2 Å². The van der Waals surface area contributed by atoms with Gasteiger partial charge in [0.05, 0.1) is 24.7 Å². The zero-order valence-corrected chi connectivity index (χ0v) is 23.8. The van der Waals surface area contributed by atoms with Crippen LogP contribution in [0.25, 0.3) is 21.9 Å². The fourth-order valence-corrected chi connectivity index (χ4v) is 7.45. The van der Waals surface area contributed by atoms with E-state index < -0.39 is 28.1 Å². The van der Waals surface area contributed by atoms with E-state index in [9.17, 15) is 13.2 Å². The molecule has 1 aliphatic heterocycles. The zero-order valence-electron chi connectivity index (χ0n) is 22.9. The van der Waals surface area contributed by atoms with Crippen molar-refractivity contribution in [3.63, 3.8) is 0 Å². The van der Waals surface area contributed by atoms with Crippen LogP contribution in [-0.2, 0) is 19.6 Å². The van der Waals surface area contributed by atoms with Crippen molar-refractivity contribution in [1.29, 1.82) is 0 Å². The van der Waals surface area contributed by atoms with E-state index in [0.717, 1.165) is 40.5 Å². The lowest BCUT2D eigenvalue weighted by Gasteiger charge is -2.22. The van der Waals surface area contributed by atoms with Crippen molar-refractivity contribution in [2.24, 2.45) is 0 Å². The number of methoxy groups -OCH3 is 1. The number of esters is 1. The second kappa shape index (κ2) is 11.5. The molecule has 1 heterocycles.